The standard InChI is InChI=1S/C31H21ClN4O4S2/c1-3-13-35-22-10-5-4-9-21(22)31(28(35)39)24-25(37)20-14-17(2)11-12-23(20)40-26(24)27(38)36(31)29-33-34-30(42-29)41-16-18-7-6-8-19(32)15-18/h3-12,14-15H,1,13,16H2,2H3. The number of hydrogen-bond acceptors (Lipinski definition) is 8. The number of anilines is 2. The van der Waals surface area contributed by atoms with E-state index < -0.39 is 22.8 Å². The minimum Gasteiger partial charge on any atom is -0.450 e. The Balaban J connectivity index is 1.44. The van der Waals surface area contributed by atoms with Crippen LogP contribution in [0.3, 0.4) is 0 Å². The van der Waals surface area contributed by atoms with E-state index in [1.54, 1.807) is 48.5 Å². The first-order valence-corrected chi connectivity index (χ1v) is 15.2. The van der Waals surface area contributed by atoms with Gasteiger partial charge in [-0.1, -0.05) is 82.7 Å². The Morgan fingerprint density at radius 1 is 1.07 bits per heavy atom. The van der Waals surface area contributed by atoms with E-state index in [0.29, 0.717) is 31.8 Å². The zero-order valence-electron chi connectivity index (χ0n) is 22.2. The summed E-state index contributed by atoms with van der Waals surface area (Å²) in [5.41, 5.74) is 0.921. The molecule has 2 aromatic heterocycles. The lowest BCUT2D eigenvalue weighted by atomic mass is 9.84. The van der Waals surface area contributed by atoms with Crippen LogP contribution in [0.4, 0.5) is 10.8 Å². The van der Waals surface area contributed by atoms with Crippen LogP contribution in [0.25, 0.3) is 11.0 Å². The van der Waals surface area contributed by atoms with E-state index in [-0.39, 0.29) is 28.6 Å². The van der Waals surface area contributed by atoms with Crippen molar-refractivity contribution in [2.24, 2.45) is 0 Å². The van der Waals surface area contributed by atoms with Crippen LogP contribution in [0.2, 0.25) is 5.02 Å². The maximum Gasteiger partial charge on any atom is 0.297 e. The van der Waals surface area contributed by atoms with Crippen molar-refractivity contribution in [3.05, 3.63) is 123 Å². The Morgan fingerprint density at radius 3 is 2.71 bits per heavy atom. The predicted octanol–water partition coefficient (Wildman–Crippen LogP) is 6.34. The highest BCUT2D eigenvalue weighted by molar-refractivity contribution is 8.00. The topological polar surface area (TPSA) is 96.6 Å². The molecule has 0 aliphatic carbocycles. The van der Waals surface area contributed by atoms with Crippen LogP contribution >= 0.6 is 34.7 Å². The molecule has 0 saturated heterocycles. The fourth-order valence-corrected chi connectivity index (χ4v) is 7.76. The van der Waals surface area contributed by atoms with E-state index in [1.165, 1.54) is 32.9 Å². The molecule has 0 fully saturated rings. The van der Waals surface area contributed by atoms with Gasteiger partial charge >= 0.3 is 0 Å². The molecular formula is C31H21ClN4O4S2. The van der Waals surface area contributed by atoms with Crippen molar-refractivity contribution in [2.75, 3.05) is 16.3 Å². The molecule has 7 rings (SSSR count). The average Bonchev–Trinajstić information content (AvgIpc) is 3.62. The second-order valence-corrected chi connectivity index (χ2v) is 12.6. The third kappa shape index (κ3) is 3.79. The van der Waals surface area contributed by atoms with E-state index in [4.69, 9.17) is 16.0 Å². The second kappa shape index (κ2) is 9.94. The van der Waals surface area contributed by atoms with Gasteiger partial charge in [0.05, 0.1) is 16.6 Å². The van der Waals surface area contributed by atoms with Crippen molar-refractivity contribution in [1.82, 2.24) is 10.2 Å². The molecule has 0 radical (unpaired) electrons. The fourth-order valence-electron chi connectivity index (χ4n) is 5.71. The molecule has 0 N–H and O–H groups in total. The molecule has 3 aromatic carbocycles. The third-order valence-electron chi connectivity index (χ3n) is 7.43. The lowest BCUT2D eigenvalue weighted by Crippen LogP contribution is -2.53. The minimum absolute atomic E-state index is 0.0158. The highest BCUT2D eigenvalue weighted by Gasteiger charge is 2.66. The zero-order valence-corrected chi connectivity index (χ0v) is 24.6. The van der Waals surface area contributed by atoms with Crippen molar-refractivity contribution in [2.45, 2.75) is 22.6 Å². The largest absolute Gasteiger partial charge is 0.450 e. The number of fused-ring (bicyclic) bond motifs is 5. The number of rotatable bonds is 6. The van der Waals surface area contributed by atoms with Crippen LogP contribution in [0.15, 0.2) is 92.9 Å². The molecule has 8 nitrogen and oxygen atoms in total. The number of carbonyl (C=O) groups is 2. The fraction of sp³-hybridized carbons (Fsp3) is 0.129. The molecular weight excluding hydrogens is 592 g/mol. The summed E-state index contributed by atoms with van der Waals surface area (Å²) >= 11 is 8.75. The smallest absolute Gasteiger partial charge is 0.297 e. The van der Waals surface area contributed by atoms with E-state index in [2.05, 4.69) is 16.8 Å². The van der Waals surface area contributed by atoms with Gasteiger partial charge in [-0.2, -0.15) is 0 Å². The number of aryl methyl sites for hydroxylation is 1. The van der Waals surface area contributed by atoms with Gasteiger partial charge < -0.3 is 9.32 Å². The summed E-state index contributed by atoms with van der Waals surface area (Å²) < 4.78 is 6.72. The number of nitrogens with zero attached hydrogens (tertiary/aromatic N) is 4. The van der Waals surface area contributed by atoms with Crippen LogP contribution in [0, 0.1) is 6.92 Å². The second-order valence-electron chi connectivity index (χ2n) is 9.98. The summed E-state index contributed by atoms with van der Waals surface area (Å²) in [6, 6.07) is 19.9. The van der Waals surface area contributed by atoms with Gasteiger partial charge in [0, 0.05) is 22.9 Å². The van der Waals surface area contributed by atoms with Gasteiger partial charge in [0.25, 0.3) is 11.8 Å². The maximum absolute atomic E-state index is 14.6. The molecule has 0 saturated carbocycles. The summed E-state index contributed by atoms with van der Waals surface area (Å²) in [6.07, 6.45) is 1.61. The molecule has 2 amide bonds. The van der Waals surface area contributed by atoms with Gasteiger partial charge in [0.1, 0.15) is 5.58 Å². The normalized spacial score (nSPS) is 17.4. The Bertz CT molecular complexity index is 2020. The lowest BCUT2D eigenvalue weighted by Gasteiger charge is -2.31. The van der Waals surface area contributed by atoms with Crippen LogP contribution in [0.1, 0.15) is 32.8 Å². The zero-order chi connectivity index (χ0) is 29.2. The van der Waals surface area contributed by atoms with Gasteiger partial charge in [0.2, 0.25) is 10.9 Å². The molecule has 1 spiro atoms. The first-order chi connectivity index (χ1) is 20.3. The van der Waals surface area contributed by atoms with Crippen molar-refractivity contribution in [3.8, 4) is 0 Å². The molecule has 42 heavy (non-hydrogen) atoms. The molecule has 5 aromatic rings. The van der Waals surface area contributed by atoms with Crippen LogP contribution in [-0.2, 0) is 16.1 Å². The van der Waals surface area contributed by atoms with E-state index in [9.17, 15) is 14.4 Å². The number of aromatic nitrogens is 2. The van der Waals surface area contributed by atoms with Gasteiger partial charge in [-0.15, -0.1) is 16.8 Å². The molecule has 1 unspecified atom stereocenters. The molecule has 2 aliphatic heterocycles. The first-order valence-electron chi connectivity index (χ1n) is 13.0. The Labute approximate surface area is 253 Å². The van der Waals surface area contributed by atoms with E-state index >= 15 is 0 Å². The van der Waals surface area contributed by atoms with Crippen LogP contribution in [0.5, 0.6) is 0 Å². The predicted molar refractivity (Wildman–Crippen MR) is 165 cm³/mol. The number of halogens is 1. The first kappa shape index (κ1) is 26.6. The van der Waals surface area contributed by atoms with Crippen molar-refractivity contribution < 1.29 is 14.0 Å². The number of para-hydroxylation sites is 1. The highest BCUT2D eigenvalue weighted by Crippen LogP contribution is 2.54. The molecule has 0 bridgehead atoms. The monoisotopic (exact) mass is 612 g/mol. The van der Waals surface area contributed by atoms with E-state index in [1.807, 2.05) is 31.2 Å². The number of carbonyl (C=O) groups excluding carboxylic acids is 2. The van der Waals surface area contributed by atoms with Crippen molar-refractivity contribution in [3.63, 3.8) is 0 Å². The van der Waals surface area contributed by atoms with Gasteiger partial charge in [-0.3, -0.25) is 19.3 Å². The van der Waals surface area contributed by atoms with Crippen LogP contribution in [-0.4, -0.2) is 28.6 Å². The quantitative estimate of drug-likeness (QED) is 0.125. The Hall–Kier alpha value is -4.25. The number of amides is 2. The number of hydrogen-bond donors (Lipinski definition) is 0. The third-order valence-corrected chi connectivity index (χ3v) is 9.78. The van der Waals surface area contributed by atoms with Gasteiger partial charge in [-0.05, 0) is 42.8 Å². The molecule has 11 heteroatoms. The Kier molecular flexibility index (Phi) is 6.30. The summed E-state index contributed by atoms with van der Waals surface area (Å²) in [7, 11) is 0. The molecule has 2 aliphatic rings. The SMILES string of the molecule is C=CCN1C(=O)C2(c3ccccc31)c1c(oc3ccc(C)cc3c1=O)C(=O)N2c1nnc(SCc2cccc(Cl)c2)s1. The maximum atomic E-state index is 14.6. The van der Waals surface area contributed by atoms with Crippen LogP contribution < -0.4 is 15.2 Å². The summed E-state index contributed by atoms with van der Waals surface area (Å²) in [5, 5.41) is 9.81. The van der Waals surface area contributed by atoms with Crippen molar-refractivity contribution >= 4 is 68.3 Å². The average molecular weight is 613 g/mol. The summed E-state index contributed by atoms with van der Waals surface area (Å²) in [6.45, 7) is 5.87. The molecule has 208 valence electrons. The lowest BCUT2D eigenvalue weighted by molar-refractivity contribution is -0.121. The highest BCUT2D eigenvalue weighted by atomic mass is 35.5. The van der Waals surface area contributed by atoms with Gasteiger partial charge in [0.15, 0.2) is 15.3 Å². The number of thioether (sulfide) groups is 1. The molecule has 4 heterocycles. The summed E-state index contributed by atoms with van der Waals surface area (Å²) in [5.74, 6) is -0.689. The molecule has 1 atom stereocenters. The van der Waals surface area contributed by atoms with Crippen molar-refractivity contribution in [1.29, 1.82) is 0 Å². The Morgan fingerprint density at radius 2 is 1.90 bits per heavy atom. The summed E-state index contributed by atoms with van der Waals surface area (Å²) in [4.78, 5) is 46.0. The number of benzene rings is 3. The van der Waals surface area contributed by atoms with Gasteiger partial charge in [-0.25, -0.2) is 0 Å². The minimum atomic E-state index is -1.82. The van der Waals surface area contributed by atoms with E-state index in [0.717, 1.165) is 11.1 Å².